The molecule has 174 valence electrons. The van der Waals surface area contributed by atoms with Gasteiger partial charge in [0, 0.05) is 51.3 Å². The molecule has 1 aliphatic rings. The third-order valence-electron chi connectivity index (χ3n) is 4.43. The Morgan fingerprint density at radius 2 is 1.68 bits per heavy atom. The maximum atomic E-state index is 12.7. The Hall–Kier alpha value is -2.82. The molecule has 0 aliphatic carbocycles. The molecule has 0 bridgehead atoms. The van der Waals surface area contributed by atoms with Crippen molar-refractivity contribution in [3.8, 4) is 5.75 Å². The number of methoxy groups -OCH3 is 1. The summed E-state index contributed by atoms with van der Waals surface area (Å²) in [5, 5.41) is 10.4. The van der Waals surface area contributed by atoms with Crippen LogP contribution in [0.25, 0.3) is 0 Å². The van der Waals surface area contributed by atoms with Crippen LogP contribution in [0.5, 0.6) is 5.75 Å². The van der Waals surface area contributed by atoms with Crippen molar-refractivity contribution in [3.63, 3.8) is 0 Å². The number of piperazine rings is 1. The van der Waals surface area contributed by atoms with E-state index in [1.807, 2.05) is 11.8 Å². The number of nitrogens with one attached hydrogen (secondary N) is 1. The van der Waals surface area contributed by atoms with E-state index < -0.39 is 12.1 Å². The van der Waals surface area contributed by atoms with Gasteiger partial charge in [0.25, 0.3) is 5.91 Å². The predicted octanol–water partition coefficient (Wildman–Crippen LogP) is 2.00. The lowest BCUT2D eigenvalue weighted by Gasteiger charge is -2.29. The van der Waals surface area contributed by atoms with Crippen LogP contribution in [-0.2, 0) is 9.59 Å². The first-order chi connectivity index (χ1) is 14.6. The Kier molecular flexibility index (Phi) is 10.8. The fraction of sp³-hybridized carbons (Fsp3) is 0.550. The van der Waals surface area contributed by atoms with E-state index in [4.69, 9.17) is 14.6 Å². The van der Waals surface area contributed by atoms with Crippen LogP contribution in [0, 0.1) is 0 Å². The summed E-state index contributed by atoms with van der Waals surface area (Å²) < 4.78 is 36.9. The molecule has 1 saturated heterocycles. The summed E-state index contributed by atoms with van der Waals surface area (Å²) in [6.45, 7) is 6.33. The van der Waals surface area contributed by atoms with Gasteiger partial charge in [-0.25, -0.2) is 4.79 Å². The van der Waals surface area contributed by atoms with Crippen LogP contribution in [0.15, 0.2) is 24.3 Å². The van der Waals surface area contributed by atoms with Crippen LogP contribution >= 0.6 is 0 Å². The normalized spacial score (nSPS) is 13.6. The van der Waals surface area contributed by atoms with E-state index in [0.29, 0.717) is 25.1 Å². The quantitative estimate of drug-likeness (QED) is 0.664. The fourth-order valence-electron chi connectivity index (χ4n) is 2.80. The molecule has 0 saturated carbocycles. The van der Waals surface area contributed by atoms with Gasteiger partial charge in [-0.15, -0.1) is 0 Å². The second-order valence-corrected chi connectivity index (χ2v) is 6.70. The molecule has 0 radical (unpaired) electrons. The highest BCUT2D eigenvalue weighted by molar-refractivity contribution is 5.94. The third kappa shape index (κ3) is 9.24. The summed E-state index contributed by atoms with van der Waals surface area (Å²) in [6.07, 6.45) is -3.84. The minimum atomic E-state index is -5.08. The molecular formula is C20H28F3N3O5. The van der Waals surface area contributed by atoms with Gasteiger partial charge in [0.15, 0.2) is 0 Å². The zero-order valence-electron chi connectivity index (χ0n) is 17.6. The highest BCUT2D eigenvalue weighted by atomic mass is 19.4. The molecule has 0 spiro atoms. The fourth-order valence-corrected chi connectivity index (χ4v) is 2.80. The molecule has 1 aromatic carbocycles. The summed E-state index contributed by atoms with van der Waals surface area (Å²) in [5.41, 5.74) is 0.624. The Labute approximate surface area is 178 Å². The summed E-state index contributed by atoms with van der Waals surface area (Å²) in [7, 11) is 1.60. The zero-order chi connectivity index (χ0) is 23.4. The maximum Gasteiger partial charge on any atom is 0.490 e. The Bertz CT molecular complexity index is 720. The largest absolute Gasteiger partial charge is 0.497 e. The smallest absolute Gasteiger partial charge is 0.490 e. The number of halogens is 3. The van der Waals surface area contributed by atoms with Crippen molar-refractivity contribution in [2.75, 3.05) is 46.4 Å². The molecule has 2 amide bonds. The van der Waals surface area contributed by atoms with E-state index in [2.05, 4.69) is 5.32 Å². The zero-order valence-corrected chi connectivity index (χ0v) is 17.6. The number of rotatable bonds is 7. The van der Waals surface area contributed by atoms with E-state index >= 15 is 0 Å². The van der Waals surface area contributed by atoms with E-state index in [1.165, 1.54) is 0 Å². The molecule has 8 nitrogen and oxygen atoms in total. The first kappa shape index (κ1) is 26.2. The molecule has 1 aliphatic heterocycles. The molecule has 0 atom stereocenters. The predicted molar refractivity (Wildman–Crippen MR) is 107 cm³/mol. The number of amides is 2. The van der Waals surface area contributed by atoms with Gasteiger partial charge in [-0.2, -0.15) is 13.2 Å². The van der Waals surface area contributed by atoms with Crippen molar-refractivity contribution in [2.24, 2.45) is 0 Å². The van der Waals surface area contributed by atoms with Gasteiger partial charge in [0.05, 0.1) is 7.11 Å². The molecule has 0 aromatic heterocycles. The average molecular weight is 447 g/mol. The summed E-state index contributed by atoms with van der Waals surface area (Å²) in [4.78, 5) is 37.5. The van der Waals surface area contributed by atoms with Crippen molar-refractivity contribution < 1.29 is 37.4 Å². The number of carbonyl (C=O) groups is 3. The lowest BCUT2D eigenvalue weighted by atomic mass is 10.1. The number of carboxylic acid groups (broad SMARTS) is 1. The number of ether oxygens (including phenoxy) is 1. The number of alkyl halides is 3. The van der Waals surface area contributed by atoms with Gasteiger partial charge in [0.2, 0.25) is 5.91 Å². The van der Waals surface area contributed by atoms with E-state index in [1.54, 1.807) is 36.3 Å². The van der Waals surface area contributed by atoms with Crippen LogP contribution in [0.1, 0.15) is 30.1 Å². The number of carboxylic acids is 1. The lowest BCUT2D eigenvalue weighted by Crippen LogP contribution is -2.47. The van der Waals surface area contributed by atoms with Gasteiger partial charge < -0.3 is 25.0 Å². The number of hydrogen-bond acceptors (Lipinski definition) is 5. The van der Waals surface area contributed by atoms with Gasteiger partial charge in [-0.05, 0) is 30.7 Å². The minimum absolute atomic E-state index is 0.0346. The van der Waals surface area contributed by atoms with Crippen LogP contribution in [-0.4, -0.2) is 85.2 Å². The molecule has 31 heavy (non-hydrogen) atoms. The monoisotopic (exact) mass is 447 g/mol. The average Bonchev–Trinajstić information content (AvgIpc) is 2.76. The second-order valence-electron chi connectivity index (χ2n) is 6.70. The third-order valence-corrected chi connectivity index (χ3v) is 4.43. The van der Waals surface area contributed by atoms with Crippen molar-refractivity contribution in [3.05, 3.63) is 29.8 Å². The molecular weight excluding hydrogens is 419 g/mol. The van der Waals surface area contributed by atoms with Gasteiger partial charge in [-0.1, -0.05) is 6.92 Å². The molecule has 2 N–H and O–H groups in total. The summed E-state index contributed by atoms with van der Waals surface area (Å²) in [5.74, 6) is -1.94. The van der Waals surface area contributed by atoms with Gasteiger partial charge in [0.1, 0.15) is 5.75 Å². The second kappa shape index (κ2) is 12.8. The first-order valence-electron chi connectivity index (χ1n) is 9.82. The van der Waals surface area contributed by atoms with Crippen molar-refractivity contribution in [2.45, 2.75) is 25.9 Å². The summed E-state index contributed by atoms with van der Waals surface area (Å²) >= 11 is 0. The Balaban J connectivity index is 0.000000592. The lowest BCUT2D eigenvalue weighted by molar-refractivity contribution is -0.192. The number of aliphatic carboxylic acids is 1. The van der Waals surface area contributed by atoms with Crippen molar-refractivity contribution >= 4 is 17.8 Å². The molecule has 2 rings (SSSR count). The number of benzene rings is 1. The van der Waals surface area contributed by atoms with E-state index in [0.717, 1.165) is 38.3 Å². The molecule has 1 fully saturated rings. The summed E-state index contributed by atoms with van der Waals surface area (Å²) in [6, 6.07) is 7.09. The van der Waals surface area contributed by atoms with Crippen molar-refractivity contribution in [1.29, 1.82) is 0 Å². The van der Waals surface area contributed by atoms with Crippen LogP contribution < -0.4 is 10.1 Å². The topological polar surface area (TPSA) is 99.2 Å². The van der Waals surface area contributed by atoms with Crippen LogP contribution in [0.2, 0.25) is 0 Å². The number of hydrogen-bond donors (Lipinski definition) is 2. The molecule has 11 heteroatoms. The Morgan fingerprint density at radius 3 is 2.13 bits per heavy atom. The van der Waals surface area contributed by atoms with Gasteiger partial charge in [-0.3, -0.25) is 9.59 Å². The highest BCUT2D eigenvalue weighted by Crippen LogP contribution is 2.14. The first-order valence-corrected chi connectivity index (χ1v) is 9.82. The van der Waals surface area contributed by atoms with Crippen LogP contribution in [0.3, 0.4) is 0 Å². The van der Waals surface area contributed by atoms with Gasteiger partial charge >= 0.3 is 12.1 Å². The molecule has 1 heterocycles. The standard InChI is InChI=1S/C18H27N3O3.C2HF3O2/c1-3-11-21(12-8-17(22)20-13-9-19-10-14-20)18(23)15-4-6-16(24-2)7-5-15;3-2(4,5)1(6)7/h4-7,19H,3,8-14H2,1-2H3;(H,6,7). The van der Waals surface area contributed by atoms with E-state index in [-0.39, 0.29) is 11.8 Å². The molecule has 0 unspecified atom stereocenters. The minimum Gasteiger partial charge on any atom is -0.497 e. The Morgan fingerprint density at radius 1 is 1.13 bits per heavy atom. The number of carbonyl (C=O) groups excluding carboxylic acids is 2. The number of nitrogens with zero attached hydrogens (tertiary/aromatic N) is 2. The van der Waals surface area contributed by atoms with Crippen LogP contribution in [0.4, 0.5) is 13.2 Å². The van der Waals surface area contributed by atoms with E-state index in [9.17, 15) is 22.8 Å². The maximum absolute atomic E-state index is 12.7. The van der Waals surface area contributed by atoms with Crippen molar-refractivity contribution in [1.82, 2.24) is 15.1 Å². The SMILES string of the molecule is CCCN(CCC(=O)N1CCNCC1)C(=O)c1ccc(OC)cc1.O=C(O)C(F)(F)F. The highest BCUT2D eigenvalue weighted by Gasteiger charge is 2.38. The molecule has 1 aromatic rings.